The largest absolute Gasteiger partial charge is 0.394 e. The van der Waals surface area contributed by atoms with Crippen molar-refractivity contribution in [3.8, 4) is 0 Å². The average molecular weight is 162 g/mol. The minimum absolute atomic E-state index is 0.0619. The van der Waals surface area contributed by atoms with Crippen LogP contribution in [0.2, 0.25) is 0 Å². The molecule has 0 aromatic carbocycles. The summed E-state index contributed by atoms with van der Waals surface area (Å²) in [6, 6.07) is -0.640. The van der Waals surface area contributed by atoms with Gasteiger partial charge in [0.05, 0.1) is 19.8 Å². The monoisotopic (exact) mass is 162 g/mol. The molecule has 0 aliphatic heterocycles. The maximum Gasteiger partial charge on any atom is 0.338 e. The van der Waals surface area contributed by atoms with E-state index in [1.807, 2.05) is 6.92 Å². The predicted octanol–water partition coefficient (Wildman–Crippen LogP) is -0.382. The number of hydrogen-bond acceptors (Lipinski definition) is 3. The van der Waals surface area contributed by atoms with Gasteiger partial charge in [0.15, 0.2) is 0 Å². The van der Waals surface area contributed by atoms with Crippen LogP contribution in [-0.2, 0) is 4.84 Å². The zero-order valence-corrected chi connectivity index (χ0v) is 6.76. The zero-order chi connectivity index (χ0) is 8.69. The molecule has 0 bridgehead atoms. The van der Waals surface area contributed by atoms with Gasteiger partial charge in [-0.3, -0.25) is 4.84 Å². The van der Waals surface area contributed by atoms with Crippen LogP contribution in [0.25, 0.3) is 0 Å². The maximum absolute atomic E-state index is 10.7. The van der Waals surface area contributed by atoms with Crippen LogP contribution in [0.3, 0.4) is 0 Å². The molecule has 0 fully saturated rings. The molecule has 11 heavy (non-hydrogen) atoms. The van der Waals surface area contributed by atoms with Gasteiger partial charge in [0.1, 0.15) is 0 Å². The van der Waals surface area contributed by atoms with E-state index in [9.17, 15) is 4.79 Å². The molecule has 0 radical (unpaired) electrons. The molecule has 0 aliphatic rings. The van der Waals surface area contributed by atoms with E-state index < -0.39 is 6.03 Å². The summed E-state index contributed by atoms with van der Waals surface area (Å²) in [7, 11) is 1.35. The van der Waals surface area contributed by atoms with Crippen LogP contribution < -0.4 is 10.8 Å². The number of nitrogens with one attached hydrogen (secondary N) is 2. The normalized spacial score (nSPS) is 12.3. The lowest BCUT2D eigenvalue weighted by atomic mass is 10.2. The standard InChI is InChI=1S/C6H14N2O3/c1-3-5(4-9)7-6(10)8-11-2/h5,9H,3-4H2,1-2H3,(H2,7,8,10). The highest BCUT2D eigenvalue weighted by molar-refractivity contribution is 5.72. The molecule has 1 atom stereocenters. The topological polar surface area (TPSA) is 70.6 Å². The third-order valence-electron chi connectivity index (χ3n) is 1.24. The van der Waals surface area contributed by atoms with Crippen LogP contribution in [-0.4, -0.2) is 30.9 Å². The maximum atomic E-state index is 10.7. The highest BCUT2D eigenvalue weighted by Crippen LogP contribution is 1.87. The van der Waals surface area contributed by atoms with Crippen molar-refractivity contribution >= 4 is 6.03 Å². The SMILES string of the molecule is CCC(CO)NC(=O)NOC. The first-order valence-electron chi connectivity index (χ1n) is 3.45. The Morgan fingerprint density at radius 3 is 2.73 bits per heavy atom. The van der Waals surface area contributed by atoms with E-state index >= 15 is 0 Å². The van der Waals surface area contributed by atoms with E-state index in [2.05, 4.69) is 15.6 Å². The fraction of sp³-hybridized carbons (Fsp3) is 0.833. The fourth-order valence-corrected chi connectivity index (χ4v) is 0.584. The lowest BCUT2D eigenvalue weighted by Gasteiger charge is -2.13. The first-order valence-corrected chi connectivity index (χ1v) is 3.45. The van der Waals surface area contributed by atoms with Crippen molar-refractivity contribution in [2.45, 2.75) is 19.4 Å². The Labute approximate surface area is 65.7 Å². The van der Waals surface area contributed by atoms with Gasteiger partial charge in [-0.05, 0) is 6.42 Å². The second-order valence-electron chi connectivity index (χ2n) is 2.07. The number of hydroxylamine groups is 1. The molecule has 3 N–H and O–H groups in total. The molecule has 0 aromatic rings. The van der Waals surface area contributed by atoms with E-state index in [4.69, 9.17) is 5.11 Å². The number of urea groups is 1. The molecule has 0 heterocycles. The minimum atomic E-state index is -0.437. The zero-order valence-electron chi connectivity index (χ0n) is 6.76. The van der Waals surface area contributed by atoms with Gasteiger partial charge in [-0.2, -0.15) is 0 Å². The number of aliphatic hydroxyl groups is 1. The Morgan fingerprint density at radius 1 is 1.73 bits per heavy atom. The summed E-state index contributed by atoms with van der Waals surface area (Å²) in [4.78, 5) is 15.1. The first kappa shape index (κ1) is 10.2. The van der Waals surface area contributed by atoms with Crippen molar-refractivity contribution < 1.29 is 14.7 Å². The van der Waals surface area contributed by atoms with Crippen LogP contribution in [0.1, 0.15) is 13.3 Å². The number of carbonyl (C=O) groups excluding carboxylic acids is 1. The van der Waals surface area contributed by atoms with Crippen molar-refractivity contribution in [1.82, 2.24) is 10.8 Å². The number of hydrogen-bond donors (Lipinski definition) is 3. The van der Waals surface area contributed by atoms with Gasteiger partial charge in [-0.1, -0.05) is 6.92 Å². The lowest BCUT2D eigenvalue weighted by Crippen LogP contribution is -2.43. The van der Waals surface area contributed by atoms with Gasteiger partial charge in [-0.15, -0.1) is 0 Å². The number of carbonyl (C=O) groups is 1. The number of aliphatic hydroxyl groups excluding tert-OH is 1. The number of amides is 2. The van der Waals surface area contributed by atoms with Crippen molar-refractivity contribution in [3.05, 3.63) is 0 Å². The Bertz CT molecular complexity index is 114. The molecule has 0 aliphatic carbocycles. The van der Waals surface area contributed by atoms with Crippen molar-refractivity contribution in [2.75, 3.05) is 13.7 Å². The molecular formula is C6H14N2O3. The van der Waals surface area contributed by atoms with Gasteiger partial charge in [-0.25, -0.2) is 10.3 Å². The fourth-order valence-electron chi connectivity index (χ4n) is 0.584. The second kappa shape index (κ2) is 5.94. The third-order valence-corrected chi connectivity index (χ3v) is 1.24. The highest BCUT2D eigenvalue weighted by atomic mass is 16.6. The summed E-state index contributed by atoms with van der Waals surface area (Å²) in [5.41, 5.74) is 2.08. The van der Waals surface area contributed by atoms with E-state index in [-0.39, 0.29) is 12.6 Å². The van der Waals surface area contributed by atoms with Gasteiger partial charge >= 0.3 is 6.03 Å². The molecule has 5 heteroatoms. The van der Waals surface area contributed by atoms with E-state index in [1.165, 1.54) is 7.11 Å². The van der Waals surface area contributed by atoms with Crippen LogP contribution in [0.15, 0.2) is 0 Å². The molecule has 0 rings (SSSR count). The Balaban J connectivity index is 3.54. The molecule has 2 amide bonds. The lowest BCUT2D eigenvalue weighted by molar-refractivity contribution is 0.103. The first-order chi connectivity index (χ1) is 5.24. The predicted molar refractivity (Wildman–Crippen MR) is 39.8 cm³/mol. The molecule has 1 unspecified atom stereocenters. The third kappa shape index (κ3) is 4.58. The van der Waals surface area contributed by atoms with E-state index in [0.717, 1.165) is 0 Å². The van der Waals surface area contributed by atoms with Crippen molar-refractivity contribution in [3.63, 3.8) is 0 Å². The average Bonchev–Trinajstić information content (AvgIpc) is 2.01. The summed E-state index contributed by atoms with van der Waals surface area (Å²) < 4.78 is 0. The summed E-state index contributed by atoms with van der Waals surface area (Å²) in [5, 5.41) is 11.2. The van der Waals surface area contributed by atoms with Crippen LogP contribution in [0, 0.1) is 0 Å². The quantitative estimate of drug-likeness (QED) is 0.493. The van der Waals surface area contributed by atoms with Gasteiger partial charge in [0.2, 0.25) is 0 Å². The summed E-state index contributed by atoms with van der Waals surface area (Å²) in [6.07, 6.45) is 0.688. The summed E-state index contributed by atoms with van der Waals surface area (Å²) >= 11 is 0. The Morgan fingerprint density at radius 2 is 2.36 bits per heavy atom. The van der Waals surface area contributed by atoms with Gasteiger partial charge in [0.25, 0.3) is 0 Å². The van der Waals surface area contributed by atoms with Gasteiger partial charge < -0.3 is 10.4 Å². The second-order valence-corrected chi connectivity index (χ2v) is 2.07. The summed E-state index contributed by atoms with van der Waals surface area (Å²) in [5.74, 6) is 0. The van der Waals surface area contributed by atoms with E-state index in [1.54, 1.807) is 0 Å². The van der Waals surface area contributed by atoms with Crippen molar-refractivity contribution in [1.29, 1.82) is 0 Å². The smallest absolute Gasteiger partial charge is 0.338 e. The minimum Gasteiger partial charge on any atom is -0.394 e. The molecule has 5 nitrogen and oxygen atoms in total. The number of rotatable bonds is 4. The highest BCUT2D eigenvalue weighted by Gasteiger charge is 2.07. The van der Waals surface area contributed by atoms with E-state index in [0.29, 0.717) is 6.42 Å². The molecule has 66 valence electrons. The Kier molecular flexibility index (Phi) is 5.50. The molecule has 0 aromatic heterocycles. The summed E-state index contributed by atoms with van der Waals surface area (Å²) in [6.45, 7) is 1.81. The molecular weight excluding hydrogens is 148 g/mol. The molecule has 0 saturated heterocycles. The van der Waals surface area contributed by atoms with Crippen molar-refractivity contribution in [2.24, 2.45) is 0 Å². The molecule has 0 saturated carbocycles. The van der Waals surface area contributed by atoms with Crippen LogP contribution in [0.4, 0.5) is 4.79 Å². The van der Waals surface area contributed by atoms with Gasteiger partial charge in [0, 0.05) is 0 Å². The molecule has 0 spiro atoms. The van der Waals surface area contributed by atoms with Crippen LogP contribution >= 0.6 is 0 Å². The Hall–Kier alpha value is -0.810. The van der Waals surface area contributed by atoms with Crippen LogP contribution in [0.5, 0.6) is 0 Å².